The van der Waals surface area contributed by atoms with Crippen molar-refractivity contribution in [2.75, 3.05) is 44.2 Å². The average molecular weight is 360 g/mol. The molecule has 7 heteroatoms. The van der Waals surface area contributed by atoms with Gasteiger partial charge in [-0.25, -0.2) is 13.1 Å². The summed E-state index contributed by atoms with van der Waals surface area (Å²) < 4.78 is 26.9. The lowest BCUT2D eigenvalue weighted by Gasteiger charge is -2.36. The van der Waals surface area contributed by atoms with Crippen LogP contribution >= 0.6 is 0 Å². The molecule has 6 nitrogen and oxygen atoms in total. The molecular weight excluding hydrogens is 336 g/mol. The molecule has 134 valence electrons. The maximum absolute atomic E-state index is 12.1. The summed E-state index contributed by atoms with van der Waals surface area (Å²) in [5.74, 6) is 0. The summed E-state index contributed by atoms with van der Waals surface area (Å²) in [7, 11) is -3.45. The third-order valence-electron chi connectivity index (χ3n) is 4.38. The number of nitrogens with one attached hydrogen (secondary N) is 1. The Kier molecular flexibility index (Phi) is 6.01. The van der Waals surface area contributed by atoms with Crippen LogP contribution in [-0.4, -0.2) is 57.6 Å². The second-order valence-electron chi connectivity index (χ2n) is 6.10. The van der Waals surface area contributed by atoms with Crippen molar-refractivity contribution in [3.63, 3.8) is 0 Å². The topological polar surface area (TPSA) is 65.5 Å². The minimum atomic E-state index is -3.45. The molecule has 1 aliphatic rings. The molecule has 0 unspecified atom stereocenters. The van der Waals surface area contributed by atoms with Gasteiger partial charge in [-0.2, -0.15) is 0 Å². The van der Waals surface area contributed by atoms with E-state index in [0.717, 1.165) is 39.1 Å². The van der Waals surface area contributed by atoms with E-state index in [9.17, 15) is 8.42 Å². The quantitative estimate of drug-likeness (QED) is 0.760. The molecule has 0 saturated carbocycles. The third kappa shape index (κ3) is 5.01. The zero-order chi connectivity index (χ0) is 17.5. The van der Waals surface area contributed by atoms with E-state index in [1.807, 2.05) is 6.07 Å². The average Bonchev–Trinajstić information content (AvgIpc) is 2.67. The molecule has 1 N–H and O–H groups in total. The van der Waals surface area contributed by atoms with Crippen LogP contribution in [0.5, 0.6) is 0 Å². The fourth-order valence-corrected chi connectivity index (χ4v) is 4.00. The lowest BCUT2D eigenvalue weighted by molar-refractivity contribution is 0.255. The van der Waals surface area contributed by atoms with E-state index in [0.29, 0.717) is 6.54 Å². The first-order chi connectivity index (χ1) is 12.1. The van der Waals surface area contributed by atoms with E-state index >= 15 is 0 Å². The Labute approximate surface area is 149 Å². The molecular formula is C18H24N4O2S. The number of benzene rings is 1. The smallest absolute Gasteiger partial charge is 0.242 e. The van der Waals surface area contributed by atoms with Crippen LogP contribution in [0.25, 0.3) is 0 Å². The van der Waals surface area contributed by atoms with Crippen molar-refractivity contribution >= 4 is 15.7 Å². The van der Waals surface area contributed by atoms with Gasteiger partial charge in [0, 0.05) is 50.8 Å². The number of sulfonamides is 1. The predicted octanol–water partition coefficient (Wildman–Crippen LogP) is 1.57. The highest BCUT2D eigenvalue weighted by atomic mass is 32.2. The molecule has 1 fully saturated rings. The Balaban J connectivity index is 1.38. The van der Waals surface area contributed by atoms with Crippen LogP contribution in [-0.2, 0) is 10.0 Å². The minimum absolute atomic E-state index is 0.214. The highest BCUT2D eigenvalue weighted by Crippen LogP contribution is 2.15. The molecule has 2 aromatic rings. The minimum Gasteiger partial charge on any atom is -0.369 e. The van der Waals surface area contributed by atoms with Crippen molar-refractivity contribution in [3.05, 3.63) is 54.9 Å². The molecule has 0 amide bonds. The largest absolute Gasteiger partial charge is 0.369 e. The van der Waals surface area contributed by atoms with E-state index in [-0.39, 0.29) is 4.90 Å². The summed E-state index contributed by atoms with van der Waals surface area (Å²) >= 11 is 0. The van der Waals surface area contributed by atoms with Crippen LogP contribution < -0.4 is 9.62 Å². The van der Waals surface area contributed by atoms with E-state index in [4.69, 9.17) is 0 Å². The highest BCUT2D eigenvalue weighted by Gasteiger charge is 2.17. The predicted molar refractivity (Wildman–Crippen MR) is 99.1 cm³/mol. The number of para-hydroxylation sites is 1. The Morgan fingerprint density at radius 2 is 1.76 bits per heavy atom. The number of rotatable bonds is 7. The lowest BCUT2D eigenvalue weighted by atomic mass is 10.2. The van der Waals surface area contributed by atoms with Gasteiger partial charge >= 0.3 is 0 Å². The third-order valence-corrected chi connectivity index (χ3v) is 5.83. The number of hydrogen-bond acceptors (Lipinski definition) is 5. The molecule has 1 aromatic heterocycles. The first-order valence-corrected chi connectivity index (χ1v) is 10.1. The van der Waals surface area contributed by atoms with Crippen LogP contribution in [0.15, 0.2) is 59.8 Å². The number of piperazine rings is 1. The second kappa shape index (κ2) is 8.42. The number of nitrogens with zero attached hydrogens (tertiary/aromatic N) is 3. The standard InChI is InChI=1S/C18H24N4O2S/c23-25(24,18-8-4-9-19-16-18)20-10-5-11-21-12-14-22(15-13-21)17-6-2-1-3-7-17/h1-4,6-9,16,20H,5,10-15H2. The summed E-state index contributed by atoms with van der Waals surface area (Å²) in [6.45, 7) is 5.36. The van der Waals surface area contributed by atoms with Gasteiger partial charge in [0.15, 0.2) is 0 Å². The lowest BCUT2D eigenvalue weighted by Crippen LogP contribution is -2.47. The van der Waals surface area contributed by atoms with Crippen LogP contribution in [0.3, 0.4) is 0 Å². The zero-order valence-electron chi connectivity index (χ0n) is 14.2. The van der Waals surface area contributed by atoms with Gasteiger partial charge in [-0.1, -0.05) is 18.2 Å². The van der Waals surface area contributed by atoms with Crippen LogP contribution in [0, 0.1) is 0 Å². The van der Waals surface area contributed by atoms with Crippen molar-refractivity contribution in [2.45, 2.75) is 11.3 Å². The van der Waals surface area contributed by atoms with Gasteiger partial charge in [0.05, 0.1) is 0 Å². The number of aromatic nitrogens is 1. The van der Waals surface area contributed by atoms with Gasteiger partial charge in [-0.3, -0.25) is 9.88 Å². The van der Waals surface area contributed by atoms with Crippen LogP contribution in [0.2, 0.25) is 0 Å². The first kappa shape index (κ1) is 17.8. The van der Waals surface area contributed by atoms with E-state index in [1.165, 1.54) is 11.9 Å². The number of pyridine rings is 1. The molecule has 0 radical (unpaired) electrons. The summed E-state index contributed by atoms with van der Waals surface area (Å²) in [5.41, 5.74) is 1.27. The molecule has 2 heterocycles. The Hall–Kier alpha value is -1.96. The van der Waals surface area contributed by atoms with Crippen LogP contribution in [0.4, 0.5) is 5.69 Å². The van der Waals surface area contributed by atoms with Crippen molar-refractivity contribution in [1.29, 1.82) is 0 Å². The Morgan fingerprint density at radius 1 is 1.00 bits per heavy atom. The molecule has 1 saturated heterocycles. The Bertz CT molecular complexity index is 745. The molecule has 1 aliphatic heterocycles. The first-order valence-electron chi connectivity index (χ1n) is 8.57. The molecule has 25 heavy (non-hydrogen) atoms. The summed E-state index contributed by atoms with van der Waals surface area (Å²) in [6, 6.07) is 13.6. The number of hydrogen-bond donors (Lipinski definition) is 1. The van der Waals surface area contributed by atoms with E-state index in [1.54, 1.807) is 18.3 Å². The van der Waals surface area contributed by atoms with Crippen molar-refractivity contribution in [3.8, 4) is 0 Å². The Morgan fingerprint density at radius 3 is 2.44 bits per heavy atom. The normalized spacial score (nSPS) is 16.1. The van der Waals surface area contributed by atoms with Gasteiger partial charge in [0.2, 0.25) is 10.0 Å². The fourth-order valence-electron chi connectivity index (χ4n) is 2.97. The molecule has 0 atom stereocenters. The van der Waals surface area contributed by atoms with Crippen molar-refractivity contribution < 1.29 is 8.42 Å². The monoisotopic (exact) mass is 360 g/mol. The maximum Gasteiger partial charge on any atom is 0.242 e. The van der Waals surface area contributed by atoms with Crippen LogP contribution in [0.1, 0.15) is 6.42 Å². The second-order valence-corrected chi connectivity index (χ2v) is 7.87. The van der Waals surface area contributed by atoms with Crippen molar-refractivity contribution in [2.24, 2.45) is 0 Å². The zero-order valence-corrected chi connectivity index (χ0v) is 15.0. The summed E-state index contributed by atoms with van der Waals surface area (Å²) in [5, 5.41) is 0. The molecule has 0 bridgehead atoms. The van der Waals surface area contributed by atoms with Crippen molar-refractivity contribution in [1.82, 2.24) is 14.6 Å². The van der Waals surface area contributed by atoms with Gasteiger partial charge in [0.25, 0.3) is 0 Å². The molecule has 0 spiro atoms. The fraction of sp³-hybridized carbons (Fsp3) is 0.389. The number of anilines is 1. The van der Waals surface area contributed by atoms with E-state index < -0.39 is 10.0 Å². The van der Waals surface area contributed by atoms with E-state index in [2.05, 4.69) is 43.8 Å². The van der Waals surface area contributed by atoms with Gasteiger partial charge in [0.1, 0.15) is 4.90 Å². The molecule has 0 aliphatic carbocycles. The maximum atomic E-state index is 12.1. The summed E-state index contributed by atoms with van der Waals surface area (Å²) in [4.78, 5) is 8.84. The molecule has 3 rings (SSSR count). The SMILES string of the molecule is O=S(=O)(NCCCN1CCN(c2ccccc2)CC1)c1cccnc1. The van der Waals surface area contributed by atoms with Gasteiger partial charge < -0.3 is 4.90 Å². The molecule has 1 aromatic carbocycles. The van der Waals surface area contributed by atoms with Gasteiger partial charge in [-0.15, -0.1) is 0 Å². The van der Waals surface area contributed by atoms with Gasteiger partial charge in [-0.05, 0) is 37.2 Å². The highest BCUT2D eigenvalue weighted by molar-refractivity contribution is 7.89. The summed E-state index contributed by atoms with van der Waals surface area (Å²) in [6.07, 6.45) is 3.73.